The number of ether oxygens (including phenoxy) is 1. The van der Waals surface area contributed by atoms with Crippen LogP contribution in [0.5, 0.6) is 5.75 Å². The van der Waals surface area contributed by atoms with Gasteiger partial charge in [-0.3, -0.25) is 4.79 Å². The van der Waals surface area contributed by atoms with Crippen molar-refractivity contribution in [1.29, 1.82) is 0 Å². The maximum absolute atomic E-state index is 12.7. The molecule has 1 amide bonds. The molecule has 92 valence electrons. The number of primary amides is 1. The van der Waals surface area contributed by atoms with Gasteiger partial charge in [0.1, 0.15) is 17.7 Å². The lowest BCUT2D eigenvalue weighted by molar-refractivity contribution is -0.121. The van der Waals surface area contributed by atoms with Crippen LogP contribution in [-0.2, 0) is 4.79 Å². The first-order chi connectivity index (χ1) is 8.15. The molecule has 2 rings (SSSR count). The fourth-order valence-corrected chi connectivity index (χ4v) is 1.91. The predicted octanol–water partition coefficient (Wildman–Crippen LogP) is 0.810. The van der Waals surface area contributed by atoms with E-state index in [-0.39, 0.29) is 23.9 Å². The summed E-state index contributed by atoms with van der Waals surface area (Å²) >= 11 is 0. The molecule has 4 nitrogen and oxygen atoms in total. The second kappa shape index (κ2) is 5.14. The van der Waals surface area contributed by atoms with Crippen LogP contribution in [0.2, 0.25) is 0 Å². The van der Waals surface area contributed by atoms with Crippen molar-refractivity contribution in [3.63, 3.8) is 0 Å². The van der Waals surface area contributed by atoms with Gasteiger partial charge in [0.25, 0.3) is 0 Å². The summed E-state index contributed by atoms with van der Waals surface area (Å²) in [6.07, 6.45) is 1.30. The van der Waals surface area contributed by atoms with Crippen LogP contribution in [0.3, 0.4) is 0 Å². The highest BCUT2D eigenvalue weighted by Gasteiger charge is 2.26. The van der Waals surface area contributed by atoms with Gasteiger partial charge in [-0.25, -0.2) is 4.39 Å². The summed E-state index contributed by atoms with van der Waals surface area (Å²) in [7, 11) is 0. The lowest BCUT2D eigenvalue weighted by Crippen LogP contribution is -2.49. The van der Waals surface area contributed by atoms with Crippen LogP contribution in [0, 0.1) is 5.82 Å². The van der Waals surface area contributed by atoms with E-state index < -0.39 is 0 Å². The van der Waals surface area contributed by atoms with Gasteiger partial charge >= 0.3 is 0 Å². The minimum Gasteiger partial charge on any atom is -0.490 e. The number of halogens is 1. The third-order valence-corrected chi connectivity index (χ3v) is 2.82. The summed E-state index contributed by atoms with van der Waals surface area (Å²) in [5.74, 6) is -0.0448. The van der Waals surface area contributed by atoms with Crippen molar-refractivity contribution in [3.05, 3.63) is 30.1 Å². The Labute approximate surface area is 98.9 Å². The number of hydrogen-bond acceptors (Lipinski definition) is 3. The number of nitrogens with two attached hydrogens (primary N) is 1. The number of rotatable bonds is 3. The molecule has 17 heavy (non-hydrogen) atoms. The van der Waals surface area contributed by atoms with Gasteiger partial charge in [-0.1, -0.05) is 0 Å². The van der Waals surface area contributed by atoms with Crippen molar-refractivity contribution in [1.82, 2.24) is 5.32 Å². The fraction of sp³-hybridized carbons (Fsp3) is 0.417. The Kier molecular flexibility index (Phi) is 3.58. The monoisotopic (exact) mass is 238 g/mol. The largest absolute Gasteiger partial charge is 0.490 e. The van der Waals surface area contributed by atoms with E-state index in [1.165, 1.54) is 12.1 Å². The first-order valence-electron chi connectivity index (χ1n) is 5.60. The predicted molar refractivity (Wildman–Crippen MR) is 61.0 cm³/mol. The molecule has 1 aromatic carbocycles. The van der Waals surface area contributed by atoms with E-state index in [1.807, 2.05) is 0 Å². The maximum atomic E-state index is 12.7. The van der Waals surface area contributed by atoms with Gasteiger partial charge in [0, 0.05) is 6.42 Å². The summed E-state index contributed by atoms with van der Waals surface area (Å²) in [5.41, 5.74) is 5.24. The Balaban J connectivity index is 1.94. The second-order valence-electron chi connectivity index (χ2n) is 4.13. The molecular formula is C12H15FN2O2. The summed E-state index contributed by atoms with van der Waals surface area (Å²) in [5, 5.41) is 3.03. The number of carbonyl (C=O) groups excluding carboxylic acids is 1. The minimum absolute atomic E-state index is 0.0563. The highest BCUT2D eigenvalue weighted by Crippen LogP contribution is 2.18. The van der Waals surface area contributed by atoms with E-state index in [2.05, 4.69) is 5.32 Å². The molecular weight excluding hydrogens is 223 g/mol. The molecule has 0 spiro atoms. The Morgan fingerprint density at radius 1 is 1.41 bits per heavy atom. The van der Waals surface area contributed by atoms with Gasteiger partial charge in [-0.2, -0.15) is 0 Å². The molecule has 1 aliphatic heterocycles. The van der Waals surface area contributed by atoms with E-state index in [4.69, 9.17) is 10.5 Å². The quantitative estimate of drug-likeness (QED) is 0.819. The zero-order chi connectivity index (χ0) is 12.3. The number of nitrogens with one attached hydrogen (secondary N) is 1. The third-order valence-electron chi connectivity index (χ3n) is 2.82. The lowest BCUT2D eigenvalue weighted by atomic mass is 10.0. The van der Waals surface area contributed by atoms with Crippen LogP contribution in [0.25, 0.3) is 0 Å². The molecule has 2 unspecified atom stereocenters. The molecule has 3 N–H and O–H groups in total. The van der Waals surface area contributed by atoms with Gasteiger partial charge in [0.2, 0.25) is 5.91 Å². The van der Waals surface area contributed by atoms with Crippen LogP contribution in [0.4, 0.5) is 4.39 Å². The Morgan fingerprint density at radius 2 is 2.12 bits per heavy atom. The van der Waals surface area contributed by atoms with E-state index in [0.29, 0.717) is 18.7 Å². The van der Waals surface area contributed by atoms with Gasteiger partial charge in [-0.15, -0.1) is 0 Å². The molecule has 2 atom stereocenters. The molecule has 1 aliphatic rings. The molecule has 0 radical (unpaired) electrons. The maximum Gasteiger partial charge on any atom is 0.234 e. The minimum atomic E-state index is -0.364. The normalized spacial score (nSPS) is 24.3. The number of piperidine rings is 1. The van der Waals surface area contributed by atoms with Crippen molar-refractivity contribution < 1.29 is 13.9 Å². The Hall–Kier alpha value is -1.62. The Morgan fingerprint density at radius 3 is 2.76 bits per heavy atom. The van der Waals surface area contributed by atoms with Crippen LogP contribution in [-0.4, -0.2) is 24.6 Å². The summed E-state index contributed by atoms with van der Waals surface area (Å²) in [4.78, 5) is 11.1. The first kappa shape index (κ1) is 11.9. The number of benzene rings is 1. The number of hydrogen-bond donors (Lipinski definition) is 2. The lowest BCUT2D eigenvalue weighted by Gasteiger charge is -2.28. The zero-order valence-corrected chi connectivity index (χ0v) is 9.36. The number of amides is 1. The van der Waals surface area contributed by atoms with Gasteiger partial charge in [0.05, 0.1) is 6.04 Å². The summed E-state index contributed by atoms with van der Waals surface area (Å²) in [6.45, 7) is 0.694. The first-order valence-corrected chi connectivity index (χ1v) is 5.60. The third kappa shape index (κ3) is 3.17. The molecule has 1 heterocycles. The summed E-state index contributed by atoms with van der Waals surface area (Å²) in [6, 6.07) is 5.52. The summed E-state index contributed by atoms with van der Waals surface area (Å²) < 4.78 is 18.4. The smallest absolute Gasteiger partial charge is 0.234 e. The van der Waals surface area contributed by atoms with Crippen molar-refractivity contribution in [2.24, 2.45) is 5.73 Å². The van der Waals surface area contributed by atoms with Crippen molar-refractivity contribution in [2.75, 3.05) is 6.54 Å². The molecule has 0 aliphatic carbocycles. The average molecular weight is 238 g/mol. The molecule has 0 bridgehead atoms. The topological polar surface area (TPSA) is 64.4 Å². The van der Waals surface area contributed by atoms with Gasteiger partial charge in [-0.05, 0) is 37.2 Å². The molecule has 5 heteroatoms. The number of carbonyl (C=O) groups is 1. The van der Waals surface area contributed by atoms with E-state index in [1.54, 1.807) is 12.1 Å². The van der Waals surface area contributed by atoms with Crippen molar-refractivity contribution >= 4 is 5.91 Å². The fourth-order valence-electron chi connectivity index (χ4n) is 1.91. The van der Waals surface area contributed by atoms with Crippen LogP contribution < -0.4 is 15.8 Å². The van der Waals surface area contributed by atoms with Crippen LogP contribution in [0.1, 0.15) is 12.8 Å². The zero-order valence-electron chi connectivity index (χ0n) is 9.36. The van der Waals surface area contributed by atoms with E-state index in [0.717, 1.165) is 6.42 Å². The van der Waals surface area contributed by atoms with Crippen molar-refractivity contribution in [3.8, 4) is 5.75 Å². The van der Waals surface area contributed by atoms with Crippen molar-refractivity contribution in [2.45, 2.75) is 25.0 Å². The standard InChI is InChI=1S/C12H15FN2O2/c13-8-1-3-9(4-2-8)17-10-5-6-15-11(7-10)12(14)16/h1-4,10-11,15H,5-7H2,(H2,14,16). The van der Waals surface area contributed by atoms with E-state index in [9.17, 15) is 9.18 Å². The van der Waals surface area contributed by atoms with Crippen LogP contribution in [0.15, 0.2) is 24.3 Å². The molecule has 1 saturated heterocycles. The highest BCUT2D eigenvalue weighted by atomic mass is 19.1. The highest BCUT2D eigenvalue weighted by molar-refractivity contribution is 5.80. The molecule has 0 aromatic heterocycles. The van der Waals surface area contributed by atoms with E-state index >= 15 is 0 Å². The van der Waals surface area contributed by atoms with Crippen LogP contribution >= 0.6 is 0 Å². The Bertz CT molecular complexity index is 394. The molecule has 0 saturated carbocycles. The van der Waals surface area contributed by atoms with Gasteiger partial charge in [0.15, 0.2) is 0 Å². The van der Waals surface area contributed by atoms with Gasteiger partial charge < -0.3 is 15.8 Å². The average Bonchev–Trinajstić information content (AvgIpc) is 2.32. The second-order valence-corrected chi connectivity index (χ2v) is 4.13. The molecule has 1 fully saturated rings. The SMILES string of the molecule is NC(=O)C1CC(Oc2ccc(F)cc2)CCN1. The molecule has 1 aromatic rings.